The molecule has 4 rings (SSSR count). The van der Waals surface area contributed by atoms with E-state index in [9.17, 15) is 4.79 Å². The topological polar surface area (TPSA) is 44.7 Å². The standard InChI is InChI=1S/C19H20ClN3OS2/c20-15-3-1-2-13(10-15)18(19(24)22-21-16-6-8-25-12-16)23-7-4-17-14(11-23)5-9-26-17/h1-3,5,9-10,18H,4,6-8,11-12H2,(H,22,24)/b21-16+. The molecule has 1 N–H and O–H groups in total. The molecule has 1 unspecified atom stereocenters. The molecule has 2 aromatic rings. The van der Waals surface area contributed by atoms with Crippen LogP contribution in [0.1, 0.15) is 28.5 Å². The lowest BCUT2D eigenvalue weighted by Crippen LogP contribution is -2.41. The minimum atomic E-state index is -0.389. The number of carbonyl (C=O) groups excluding carboxylic acids is 1. The zero-order chi connectivity index (χ0) is 17.9. The summed E-state index contributed by atoms with van der Waals surface area (Å²) in [6.45, 7) is 1.63. The van der Waals surface area contributed by atoms with Crippen molar-refractivity contribution in [3.05, 3.63) is 56.7 Å². The second-order valence-corrected chi connectivity index (χ2v) is 9.05. The summed E-state index contributed by atoms with van der Waals surface area (Å²) in [6.07, 6.45) is 1.93. The van der Waals surface area contributed by atoms with Crippen molar-refractivity contribution in [1.29, 1.82) is 0 Å². The highest BCUT2D eigenvalue weighted by Gasteiger charge is 2.31. The van der Waals surface area contributed by atoms with Gasteiger partial charge in [-0.15, -0.1) is 11.3 Å². The third-order valence-corrected chi connectivity index (χ3v) is 7.03. The molecule has 0 bridgehead atoms. The lowest BCUT2D eigenvalue weighted by molar-refractivity contribution is -0.127. The Labute approximate surface area is 166 Å². The van der Waals surface area contributed by atoms with E-state index in [4.69, 9.17) is 11.6 Å². The molecular weight excluding hydrogens is 386 g/mol. The van der Waals surface area contributed by atoms with Crippen molar-refractivity contribution < 1.29 is 4.79 Å². The Morgan fingerprint density at radius 1 is 1.31 bits per heavy atom. The van der Waals surface area contributed by atoms with Gasteiger partial charge in [-0.2, -0.15) is 16.9 Å². The summed E-state index contributed by atoms with van der Waals surface area (Å²) in [5, 5.41) is 7.14. The van der Waals surface area contributed by atoms with Crippen molar-refractivity contribution in [2.75, 3.05) is 18.1 Å². The van der Waals surface area contributed by atoms with Crippen LogP contribution in [0.5, 0.6) is 0 Å². The molecule has 0 saturated carbocycles. The lowest BCUT2D eigenvalue weighted by atomic mass is 10.0. The molecule has 1 amide bonds. The van der Waals surface area contributed by atoms with Crippen LogP contribution in [0.3, 0.4) is 0 Å². The molecule has 1 atom stereocenters. The fraction of sp³-hybridized carbons (Fsp3) is 0.368. The lowest BCUT2D eigenvalue weighted by Gasteiger charge is -2.33. The first-order valence-electron chi connectivity index (χ1n) is 8.68. The van der Waals surface area contributed by atoms with Crippen molar-refractivity contribution in [3.63, 3.8) is 0 Å². The Balaban J connectivity index is 1.59. The largest absolute Gasteiger partial charge is 0.284 e. The maximum atomic E-state index is 13.1. The van der Waals surface area contributed by atoms with Gasteiger partial charge in [0.2, 0.25) is 0 Å². The first-order chi connectivity index (χ1) is 12.7. The van der Waals surface area contributed by atoms with Gasteiger partial charge in [0.25, 0.3) is 5.91 Å². The number of benzene rings is 1. The molecule has 136 valence electrons. The van der Waals surface area contributed by atoms with Crippen LogP contribution in [0, 0.1) is 0 Å². The molecule has 1 saturated heterocycles. The quantitative estimate of drug-likeness (QED) is 0.778. The van der Waals surface area contributed by atoms with Crippen LogP contribution in [0.2, 0.25) is 5.02 Å². The third kappa shape index (κ3) is 3.98. The van der Waals surface area contributed by atoms with Gasteiger partial charge in [0.1, 0.15) is 6.04 Å². The van der Waals surface area contributed by atoms with Gasteiger partial charge in [0.15, 0.2) is 0 Å². The third-order valence-electron chi connectivity index (χ3n) is 4.74. The molecule has 4 nitrogen and oxygen atoms in total. The molecule has 7 heteroatoms. The summed E-state index contributed by atoms with van der Waals surface area (Å²) in [6, 6.07) is 9.36. The number of amides is 1. The number of carbonyl (C=O) groups is 1. The fourth-order valence-corrected chi connectivity index (χ4v) is 5.49. The van der Waals surface area contributed by atoms with Crippen molar-refractivity contribution in [1.82, 2.24) is 10.3 Å². The molecular formula is C19H20ClN3OS2. The molecule has 0 radical (unpaired) electrons. The first kappa shape index (κ1) is 18.0. The molecule has 1 fully saturated rings. The summed E-state index contributed by atoms with van der Waals surface area (Å²) in [4.78, 5) is 16.7. The zero-order valence-electron chi connectivity index (χ0n) is 14.3. The summed E-state index contributed by atoms with van der Waals surface area (Å²) in [7, 11) is 0. The first-order valence-corrected chi connectivity index (χ1v) is 11.1. The van der Waals surface area contributed by atoms with Gasteiger partial charge in [-0.05, 0) is 53.3 Å². The number of hydrogen-bond donors (Lipinski definition) is 1. The van der Waals surface area contributed by atoms with E-state index in [2.05, 4.69) is 26.9 Å². The van der Waals surface area contributed by atoms with E-state index in [1.54, 1.807) is 11.3 Å². The molecule has 0 aliphatic carbocycles. The molecule has 26 heavy (non-hydrogen) atoms. The molecule has 3 heterocycles. The number of nitrogens with one attached hydrogen (secondary N) is 1. The second kappa shape index (κ2) is 8.13. The highest BCUT2D eigenvalue weighted by atomic mass is 35.5. The van der Waals surface area contributed by atoms with E-state index in [-0.39, 0.29) is 11.9 Å². The van der Waals surface area contributed by atoms with E-state index in [1.807, 2.05) is 36.0 Å². The number of halogens is 1. The SMILES string of the molecule is O=C(N/N=C1\CCSC1)C(c1cccc(Cl)c1)N1CCc2sccc2C1. The monoisotopic (exact) mass is 405 g/mol. The molecule has 1 aromatic heterocycles. The minimum absolute atomic E-state index is 0.0876. The Bertz CT molecular complexity index is 828. The van der Waals surface area contributed by atoms with Crippen LogP contribution in [0.4, 0.5) is 0 Å². The number of rotatable bonds is 4. The van der Waals surface area contributed by atoms with Crippen molar-refractivity contribution in [3.8, 4) is 0 Å². The van der Waals surface area contributed by atoms with Crippen LogP contribution in [-0.4, -0.2) is 34.6 Å². The van der Waals surface area contributed by atoms with Gasteiger partial charge in [-0.25, -0.2) is 5.43 Å². The van der Waals surface area contributed by atoms with Crippen molar-refractivity contribution >= 4 is 46.3 Å². The van der Waals surface area contributed by atoms with E-state index in [0.717, 1.165) is 48.7 Å². The Morgan fingerprint density at radius 3 is 3.04 bits per heavy atom. The zero-order valence-corrected chi connectivity index (χ0v) is 16.7. The Kier molecular flexibility index (Phi) is 5.64. The Morgan fingerprint density at radius 2 is 2.23 bits per heavy atom. The normalized spacial score (nSPS) is 20.1. The van der Waals surface area contributed by atoms with Gasteiger partial charge in [-0.3, -0.25) is 9.69 Å². The van der Waals surface area contributed by atoms with E-state index < -0.39 is 0 Å². The highest BCUT2D eigenvalue weighted by molar-refractivity contribution is 8.00. The number of hydrogen-bond acceptors (Lipinski definition) is 5. The van der Waals surface area contributed by atoms with Gasteiger partial charge < -0.3 is 0 Å². The van der Waals surface area contributed by atoms with Gasteiger partial charge in [0, 0.05) is 34.5 Å². The van der Waals surface area contributed by atoms with Gasteiger partial charge in [-0.1, -0.05) is 23.7 Å². The van der Waals surface area contributed by atoms with Gasteiger partial charge >= 0.3 is 0 Å². The highest BCUT2D eigenvalue weighted by Crippen LogP contribution is 2.31. The van der Waals surface area contributed by atoms with Gasteiger partial charge in [0.05, 0.1) is 0 Å². The summed E-state index contributed by atoms with van der Waals surface area (Å²) in [5.74, 6) is 1.90. The number of fused-ring (bicyclic) bond motifs is 1. The van der Waals surface area contributed by atoms with Crippen LogP contribution >= 0.6 is 34.7 Å². The van der Waals surface area contributed by atoms with E-state index >= 15 is 0 Å². The molecule has 2 aliphatic heterocycles. The minimum Gasteiger partial charge on any atom is -0.284 e. The van der Waals surface area contributed by atoms with Crippen molar-refractivity contribution in [2.24, 2.45) is 5.10 Å². The molecule has 0 spiro atoms. The number of thioether (sulfide) groups is 1. The predicted octanol–water partition coefficient (Wildman–Crippen LogP) is 4.11. The fourth-order valence-electron chi connectivity index (χ4n) is 3.43. The molecule has 1 aromatic carbocycles. The summed E-state index contributed by atoms with van der Waals surface area (Å²) in [5.41, 5.74) is 6.10. The Hall–Kier alpha value is -1.34. The van der Waals surface area contributed by atoms with Crippen LogP contribution in [0.15, 0.2) is 40.8 Å². The van der Waals surface area contributed by atoms with E-state index in [0.29, 0.717) is 5.02 Å². The van der Waals surface area contributed by atoms with Crippen LogP contribution in [0.25, 0.3) is 0 Å². The summed E-state index contributed by atoms with van der Waals surface area (Å²) < 4.78 is 0. The average Bonchev–Trinajstić information content (AvgIpc) is 3.31. The molecule has 2 aliphatic rings. The van der Waals surface area contributed by atoms with Crippen LogP contribution < -0.4 is 5.43 Å². The number of hydrazone groups is 1. The number of thiophene rings is 1. The second-order valence-electron chi connectivity index (χ2n) is 6.50. The average molecular weight is 406 g/mol. The number of nitrogens with zero attached hydrogens (tertiary/aromatic N) is 2. The summed E-state index contributed by atoms with van der Waals surface area (Å²) >= 11 is 9.85. The maximum absolute atomic E-state index is 13.1. The van der Waals surface area contributed by atoms with Crippen molar-refractivity contribution in [2.45, 2.75) is 25.4 Å². The van der Waals surface area contributed by atoms with Crippen LogP contribution in [-0.2, 0) is 17.8 Å². The maximum Gasteiger partial charge on any atom is 0.262 e. The van der Waals surface area contributed by atoms with E-state index in [1.165, 1.54) is 10.4 Å². The predicted molar refractivity (Wildman–Crippen MR) is 110 cm³/mol. The smallest absolute Gasteiger partial charge is 0.262 e.